The van der Waals surface area contributed by atoms with E-state index in [1.54, 1.807) is 127 Å². The number of furan rings is 4. The number of para-hydroxylation sites is 4. The molecular formula is C90H52N8O4. The Labute approximate surface area is 623 Å². The minimum Gasteiger partial charge on any atom is -0.456 e. The highest BCUT2D eigenvalue weighted by Gasteiger charge is 2.26. The maximum Gasteiger partial charge on any atom is 0.238 e. The molecule has 8 heterocycles. The number of hydrogen-bond donors (Lipinski definition) is 0. The zero-order valence-corrected chi connectivity index (χ0v) is 51.8. The fourth-order valence-electron chi connectivity index (χ4n) is 13.2. The molecule has 0 aliphatic heterocycles. The van der Waals surface area contributed by atoms with Gasteiger partial charge in [-0.1, -0.05) is 230 Å². The number of hydrogen-bond acceptors (Lipinski definition) is 10. The molecule has 0 fully saturated rings. The molecule has 12 nitrogen and oxygen atoms in total. The molecule has 0 unspecified atom stereocenters. The average molecular weight is 1340 g/mol. The van der Waals surface area contributed by atoms with Crippen LogP contribution in [0, 0.1) is 0 Å². The Hall–Kier alpha value is -14.1. The molecule has 12 heteroatoms. The summed E-state index contributed by atoms with van der Waals surface area (Å²) in [5.74, 6) is -0.983. The van der Waals surface area contributed by atoms with Crippen LogP contribution >= 0.6 is 0 Å². The molecule has 0 saturated heterocycles. The molecule has 102 heavy (non-hydrogen) atoms. The topological polar surface area (TPSA) is 140 Å². The van der Waals surface area contributed by atoms with Crippen molar-refractivity contribution < 1.29 is 60.2 Å². The minimum absolute atomic E-state index is 0.000548. The van der Waals surface area contributed by atoms with Crippen LogP contribution in [0.4, 0.5) is 0 Å². The minimum atomic E-state index is -0.696. The zero-order chi connectivity index (χ0) is 93.9. The van der Waals surface area contributed by atoms with E-state index in [-0.39, 0.29) is 168 Å². The number of aromatic nitrogens is 8. The second kappa shape index (κ2) is 22.7. The van der Waals surface area contributed by atoms with Gasteiger partial charge in [0.25, 0.3) is 0 Å². The summed E-state index contributed by atoms with van der Waals surface area (Å²) < 4.78 is 301. The van der Waals surface area contributed by atoms with Crippen molar-refractivity contribution in [2.75, 3.05) is 0 Å². The van der Waals surface area contributed by atoms with Crippen LogP contribution in [0.1, 0.15) is 42.5 Å². The highest BCUT2D eigenvalue weighted by atomic mass is 16.3. The number of rotatable bonds is 8. The highest BCUT2D eigenvalue weighted by molar-refractivity contribution is 6.26. The standard InChI is InChI=1S/2C45H26N4O2/c2*1-3-12-27(13-4-1)30-18-11-21-37-40(30)34-23-22-29(26-39(34)51-37)44-46-43(28-14-5-2-6-15-28)47-45(48-44)49-35-19-9-7-16-31(35)32-24-25-38-41(42(32)49)33-17-8-10-20-36(33)50-38/h2*1-26H/i7D,8D,9D,10D,11D,16D,17D,18D,19D,20D,21D,22D,23D,24D,25D,26D;1D,3D,4D,7D,8D,9D,10D,12D,13D,16D,17D,19D,20D,24D,25D. The van der Waals surface area contributed by atoms with Gasteiger partial charge in [0.1, 0.15) is 44.7 Å². The van der Waals surface area contributed by atoms with Crippen LogP contribution in [0.5, 0.6) is 0 Å². The van der Waals surface area contributed by atoms with E-state index in [2.05, 4.69) is 0 Å². The van der Waals surface area contributed by atoms with Crippen molar-refractivity contribution in [1.82, 2.24) is 39.0 Å². The van der Waals surface area contributed by atoms with Gasteiger partial charge in [0, 0.05) is 76.1 Å². The monoisotopic (exact) mass is 1340 g/mol. The fraction of sp³-hybridized carbons (Fsp3) is 0. The van der Waals surface area contributed by atoms with Crippen LogP contribution in [0.25, 0.3) is 211 Å². The van der Waals surface area contributed by atoms with Gasteiger partial charge in [0.05, 0.1) is 75.3 Å². The Bertz CT molecular complexity index is 9090. The first kappa shape index (κ1) is 34.4. The Morgan fingerprint density at radius 1 is 0.245 bits per heavy atom. The molecule has 0 spiro atoms. The third-order valence-electron chi connectivity index (χ3n) is 17.5. The van der Waals surface area contributed by atoms with Gasteiger partial charge in [-0.05, 0) is 107 Å². The van der Waals surface area contributed by atoms with Crippen LogP contribution in [0.15, 0.2) is 332 Å². The van der Waals surface area contributed by atoms with Crippen LogP contribution in [0.2, 0.25) is 0 Å². The van der Waals surface area contributed by atoms with E-state index in [0.717, 1.165) is 4.57 Å². The molecule has 0 aliphatic rings. The first-order chi connectivity index (χ1) is 63.5. The third-order valence-corrected chi connectivity index (χ3v) is 17.5. The van der Waals surface area contributed by atoms with E-state index in [1.165, 1.54) is 4.57 Å². The van der Waals surface area contributed by atoms with Gasteiger partial charge in [0.15, 0.2) is 23.3 Å². The molecule has 22 rings (SSSR count). The van der Waals surface area contributed by atoms with Gasteiger partial charge in [0.2, 0.25) is 11.9 Å². The van der Waals surface area contributed by atoms with Crippen molar-refractivity contribution in [3.8, 4) is 79.7 Å². The predicted octanol–water partition coefficient (Wildman–Crippen LogP) is 23.5. The van der Waals surface area contributed by atoms with E-state index in [1.807, 2.05) is 0 Å². The summed E-state index contributed by atoms with van der Waals surface area (Å²) in [4.78, 5) is 28.9. The van der Waals surface area contributed by atoms with E-state index in [9.17, 15) is 9.60 Å². The first-order valence-corrected chi connectivity index (χ1v) is 31.4. The summed E-state index contributed by atoms with van der Waals surface area (Å²) in [6.45, 7) is 0. The molecule has 14 aromatic carbocycles. The van der Waals surface area contributed by atoms with Crippen molar-refractivity contribution in [3.63, 3.8) is 0 Å². The molecule has 476 valence electrons. The van der Waals surface area contributed by atoms with Crippen LogP contribution in [-0.4, -0.2) is 39.0 Å². The molecular weight excluding hydrogens is 1260 g/mol. The van der Waals surface area contributed by atoms with Gasteiger partial charge in [-0.2, -0.15) is 19.9 Å². The van der Waals surface area contributed by atoms with Gasteiger partial charge < -0.3 is 17.7 Å². The number of benzene rings is 14. The predicted molar refractivity (Wildman–Crippen MR) is 410 cm³/mol. The molecule has 0 bridgehead atoms. The Morgan fingerprint density at radius 3 is 1.30 bits per heavy atom. The summed E-state index contributed by atoms with van der Waals surface area (Å²) >= 11 is 0. The lowest BCUT2D eigenvalue weighted by Crippen LogP contribution is -2.06. The molecule has 0 aliphatic carbocycles. The quantitative estimate of drug-likeness (QED) is 0.144. The maximum atomic E-state index is 9.62. The van der Waals surface area contributed by atoms with Gasteiger partial charge in [-0.25, -0.2) is 9.97 Å². The molecule has 0 saturated carbocycles. The maximum absolute atomic E-state index is 9.62. The lowest BCUT2D eigenvalue weighted by atomic mass is 9.99. The molecule has 22 aromatic rings. The second-order valence-electron chi connectivity index (χ2n) is 23.3. The SMILES string of the molecule is [2H]c1c([2H])c(-c2ccccc2)c2c(oc3c([2H])c(-c4nc(-c5ccccc5)nc(-n5c6c([2H])c([2H])c([2H])c([2H])c6c6c([2H])c([2H])c7oc8c([2H])c([2H])c([2H])c([2H])c8c7c65)n4)c([2H])c([2H])c32)c1[2H].[2H]c1c([2H])c([2H])c(-c2cccc3oc4cc(-c5nc(-c6ccccc6)nc(-n6c7c([2H])c([2H])c([2H])c([2H])c7c7c([2H])c([2H])c8oc9c([2H])c([2H])c([2H])c([2H])c9c8c76)n5)ccc4c23)c([2H])c1[2H]. The van der Waals surface area contributed by atoms with Gasteiger partial charge >= 0.3 is 0 Å². The summed E-state index contributed by atoms with van der Waals surface area (Å²) in [7, 11) is 0. The van der Waals surface area contributed by atoms with Crippen molar-refractivity contribution >= 4 is 131 Å². The fourth-order valence-corrected chi connectivity index (χ4v) is 13.2. The average Bonchev–Trinajstić information content (AvgIpc) is 1.53. The molecule has 0 N–H and O–H groups in total. The van der Waals surface area contributed by atoms with Crippen molar-refractivity contribution in [2.24, 2.45) is 0 Å². The third kappa shape index (κ3) is 9.03. The lowest BCUT2D eigenvalue weighted by molar-refractivity contribution is 0.668. The second-order valence-corrected chi connectivity index (χ2v) is 23.3. The van der Waals surface area contributed by atoms with Gasteiger partial charge in [-0.15, -0.1) is 0 Å². The number of nitrogens with zero attached hydrogens (tertiary/aromatic N) is 8. The van der Waals surface area contributed by atoms with Gasteiger partial charge in [-0.3, -0.25) is 9.13 Å². The summed E-state index contributed by atoms with van der Waals surface area (Å²) in [5, 5.41) is -0.304. The zero-order valence-electron chi connectivity index (χ0n) is 82.8. The molecule has 8 aromatic heterocycles. The smallest absolute Gasteiger partial charge is 0.238 e. The van der Waals surface area contributed by atoms with Crippen molar-refractivity contribution in [2.45, 2.75) is 0 Å². The highest BCUT2D eigenvalue weighted by Crippen LogP contribution is 2.45. The summed E-state index contributed by atoms with van der Waals surface area (Å²) in [6, 6.07) is 18.9. The van der Waals surface area contributed by atoms with Crippen LogP contribution in [-0.2, 0) is 0 Å². The largest absolute Gasteiger partial charge is 0.456 e. The number of fused-ring (bicyclic) bond motifs is 20. The van der Waals surface area contributed by atoms with E-state index >= 15 is 0 Å². The van der Waals surface area contributed by atoms with Crippen LogP contribution < -0.4 is 0 Å². The molecule has 0 radical (unpaired) electrons. The Balaban J connectivity index is 0.000000160. The van der Waals surface area contributed by atoms with E-state index in [0.29, 0.717) is 49.8 Å². The normalized spacial score (nSPS) is 16.2. The first-order valence-electron chi connectivity index (χ1n) is 46.9. The molecule has 0 amide bonds. The lowest BCUT2D eigenvalue weighted by Gasteiger charge is -2.11. The van der Waals surface area contributed by atoms with Crippen molar-refractivity contribution in [3.05, 3.63) is 315 Å². The van der Waals surface area contributed by atoms with Crippen molar-refractivity contribution in [1.29, 1.82) is 0 Å². The summed E-state index contributed by atoms with van der Waals surface area (Å²) in [6.07, 6.45) is 0. The molecule has 0 atom stereocenters. The Kier molecular flexibility index (Phi) is 7.67. The van der Waals surface area contributed by atoms with E-state index < -0.39 is 181 Å². The Morgan fingerprint density at radius 2 is 0.706 bits per heavy atom. The van der Waals surface area contributed by atoms with E-state index in [4.69, 9.17) is 80.5 Å². The summed E-state index contributed by atoms with van der Waals surface area (Å²) in [5.41, 5.74) is 0.0357. The van der Waals surface area contributed by atoms with Crippen LogP contribution in [0.3, 0.4) is 0 Å².